The number of nitrogens with one attached hydrogen (secondary N) is 1. The van der Waals surface area contributed by atoms with Gasteiger partial charge in [-0.25, -0.2) is 9.97 Å². The highest BCUT2D eigenvalue weighted by Crippen LogP contribution is 2.32. The van der Waals surface area contributed by atoms with Gasteiger partial charge in [0.05, 0.1) is 10.3 Å². The Morgan fingerprint density at radius 1 is 1.00 bits per heavy atom. The average molecular weight is 347 g/mol. The van der Waals surface area contributed by atoms with Crippen molar-refractivity contribution in [1.82, 2.24) is 15.0 Å². The monoisotopic (exact) mass is 347 g/mol. The first kappa shape index (κ1) is 15.6. The van der Waals surface area contributed by atoms with Gasteiger partial charge in [-0.15, -0.1) is 0 Å². The van der Waals surface area contributed by atoms with E-state index in [1.165, 1.54) is 18.5 Å². The highest BCUT2D eigenvalue weighted by atomic mass is 16.6. The third kappa shape index (κ3) is 2.80. The lowest BCUT2D eigenvalue weighted by molar-refractivity contribution is -0.384. The number of hydrogen-bond donors (Lipinski definition) is 2. The summed E-state index contributed by atoms with van der Waals surface area (Å²) in [5.74, 6) is 1.55. The minimum absolute atomic E-state index is 0.0202. The number of nitrogen functional groups attached to an aromatic ring is 1. The highest BCUT2D eigenvalue weighted by molar-refractivity contribution is 6.00. The van der Waals surface area contributed by atoms with Crippen LogP contribution < -0.4 is 10.5 Å². The number of nitrogens with two attached hydrogens (primary N) is 1. The first-order valence-corrected chi connectivity index (χ1v) is 7.72. The molecule has 0 saturated carbocycles. The largest absolute Gasteiger partial charge is 0.457 e. The molecule has 128 valence electrons. The van der Waals surface area contributed by atoms with Crippen LogP contribution in [0, 0.1) is 10.1 Å². The van der Waals surface area contributed by atoms with Gasteiger partial charge in [-0.1, -0.05) is 12.1 Å². The summed E-state index contributed by atoms with van der Waals surface area (Å²) >= 11 is 0. The van der Waals surface area contributed by atoms with Crippen LogP contribution in [0.3, 0.4) is 0 Å². The van der Waals surface area contributed by atoms with Gasteiger partial charge in [0.1, 0.15) is 29.3 Å². The van der Waals surface area contributed by atoms with E-state index in [2.05, 4.69) is 15.0 Å². The number of ether oxygens (including phenoxy) is 1. The maximum atomic E-state index is 10.7. The predicted octanol–water partition coefficient (Wildman–Crippen LogP) is 3.91. The Bertz CT molecular complexity index is 1090. The van der Waals surface area contributed by atoms with Crippen molar-refractivity contribution >= 4 is 22.5 Å². The molecule has 0 spiro atoms. The van der Waals surface area contributed by atoms with E-state index in [0.29, 0.717) is 23.0 Å². The maximum absolute atomic E-state index is 10.7. The fourth-order valence-corrected chi connectivity index (χ4v) is 2.69. The van der Waals surface area contributed by atoms with E-state index in [0.717, 1.165) is 16.5 Å². The van der Waals surface area contributed by atoms with Crippen LogP contribution in [0.25, 0.3) is 22.2 Å². The number of H-pyrrole nitrogens is 1. The highest BCUT2D eigenvalue weighted by Gasteiger charge is 2.11. The molecular weight excluding hydrogens is 334 g/mol. The van der Waals surface area contributed by atoms with Gasteiger partial charge >= 0.3 is 0 Å². The number of aromatic nitrogens is 3. The summed E-state index contributed by atoms with van der Waals surface area (Å²) in [6.07, 6.45) is 3.25. The molecular formula is C18H13N5O3. The van der Waals surface area contributed by atoms with E-state index in [1.807, 2.05) is 30.5 Å². The molecule has 8 nitrogen and oxygen atoms in total. The van der Waals surface area contributed by atoms with Crippen molar-refractivity contribution in [1.29, 1.82) is 0 Å². The summed E-state index contributed by atoms with van der Waals surface area (Å²) in [7, 11) is 0. The number of rotatable bonds is 4. The molecule has 0 aliphatic rings. The lowest BCUT2D eigenvalue weighted by Crippen LogP contribution is -1.92. The number of hydrogen-bond acceptors (Lipinski definition) is 6. The van der Waals surface area contributed by atoms with Crippen molar-refractivity contribution in [3.05, 3.63) is 71.2 Å². The Morgan fingerprint density at radius 2 is 1.65 bits per heavy atom. The molecule has 0 radical (unpaired) electrons. The van der Waals surface area contributed by atoms with Gasteiger partial charge in [0.15, 0.2) is 0 Å². The molecule has 4 aromatic rings. The Kier molecular flexibility index (Phi) is 3.70. The first-order chi connectivity index (χ1) is 12.6. The van der Waals surface area contributed by atoms with Gasteiger partial charge in [-0.3, -0.25) is 10.1 Å². The molecule has 0 saturated heterocycles. The van der Waals surface area contributed by atoms with Crippen LogP contribution in [-0.4, -0.2) is 19.9 Å². The number of nitro groups is 1. The second-order valence-electron chi connectivity index (χ2n) is 5.56. The Balaban J connectivity index is 1.59. The van der Waals surface area contributed by atoms with Crippen LogP contribution in [0.4, 0.5) is 11.5 Å². The maximum Gasteiger partial charge on any atom is 0.269 e. The standard InChI is InChI=1S/C18H13N5O3/c19-17-16-15(9-20-18(16)22-10-21-17)11-1-5-13(6-2-11)26-14-7-3-12(4-8-14)23(24)25/h1-10H,(H3,19,20,21,22). The van der Waals surface area contributed by atoms with E-state index in [-0.39, 0.29) is 5.69 Å². The second kappa shape index (κ2) is 6.17. The van der Waals surface area contributed by atoms with Crippen molar-refractivity contribution < 1.29 is 9.66 Å². The summed E-state index contributed by atoms with van der Waals surface area (Å²) in [5, 5.41) is 11.5. The molecule has 2 aromatic carbocycles. The van der Waals surface area contributed by atoms with Crippen molar-refractivity contribution in [2.75, 3.05) is 5.73 Å². The van der Waals surface area contributed by atoms with Crippen molar-refractivity contribution in [2.45, 2.75) is 0 Å². The topological polar surface area (TPSA) is 120 Å². The molecule has 0 aliphatic heterocycles. The Morgan fingerprint density at radius 3 is 2.31 bits per heavy atom. The smallest absolute Gasteiger partial charge is 0.269 e. The lowest BCUT2D eigenvalue weighted by Gasteiger charge is -2.07. The van der Waals surface area contributed by atoms with Gasteiger partial charge in [0.25, 0.3) is 5.69 Å². The van der Waals surface area contributed by atoms with Crippen LogP contribution in [0.5, 0.6) is 11.5 Å². The molecule has 0 amide bonds. The van der Waals surface area contributed by atoms with Crippen LogP contribution in [0.2, 0.25) is 0 Å². The SMILES string of the molecule is Nc1ncnc2[nH]cc(-c3ccc(Oc4ccc([N+](=O)[O-])cc4)cc3)c12. The fourth-order valence-electron chi connectivity index (χ4n) is 2.69. The number of nitro benzene ring substituents is 1. The molecule has 2 heterocycles. The van der Waals surface area contributed by atoms with Gasteiger partial charge < -0.3 is 15.5 Å². The number of benzene rings is 2. The van der Waals surface area contributed by atoms with E-state index >= 15 is 0 Å². The van der Waals surface area contributed by atoms with E-state index in [1.54, 1.807) is 12.1 Å². The summed E-state index contributed by atoms with van der Waals surface area (Å²) in [5.41, 5.74) is 8.50. The van der Waals surface area contributed by atoms with E-state index < -0.39 is 4.92 Å². The molecule has 0 fully saturated rings. The minimum Gasteiger partial charge on any atom is -0.457 e. The minimum atomic E-state index is -0.449. The number of non-ortho nitro benzene ring substituents is 1. The first-order valence-electron chi connectivity index (χ1n) is 7.72. The number of nitrogens with zero attached hydrogens (tertiary/aromatic N) is 3. The lowest BCUT2D eigenvalue weighted by atomic mass is 10.1. The number of aromatic amines is 1. The van der Waals surface area contributed by atoms with Crippen molar-refractivity contribution in [3.63, 3.8) is 0 Å². The Hall–Kier alpha value is -3.94. The van der Waals surface area contributed by atoms with Gasteiger partial charge in [-0.05, 0) is 29.8 Å². The molecule has 0 bridgehead atoms. The molecule has 26 heavy (non-hydrogen) atoms. The molecule has 3 N–H and O–H groups in total. The summed E-state index contributed by atoms with van der Waals surface area (Å²) in [6, 6.07) is 13.3. The molecule has 2 aromatic heterocycles. The van der Waals surface area contributed by atoms with Crippen LogP contribution >= 0.6 is 0 Å². The molecule has 0 unspecified atom stereocenters. The normalized spacial score (nSPS) is 10.8. The molecule has 0 aliphatic carbocycles. The molecule has 8 heteroatoms. The summed E-state index contributed by atoms with van der Waals surface area (Å²) < 4.78 is 5.72. The van der Waals surface area contributed by atoms with Gasteiger partial charge in [-0.2, -0.15) is 0 Å². The van der Waals surface area contributed by atoms with Gasteiger partial charge in [0, 0.05) is 23.9 Å². The van der Waals surface area contributed by atoms with Gasteiger partial charge in [0.2, 0.25) is 0 Å². The van der Waals surface area contributed by atoms with E-state index in [9.17, 15) is 10.1 Å². The van der Waals surface area contributed by atoms with E-state index in [4.69, 9.17) is 10.5 Å². The Labute approximate surface area is 147 Å². The van der Waals surface area contributed by atoms with Crippen molar-refractivity contribution in [2.24, 2.45) is 0 Å². The zero-order valence-electron chi connectivity index (χ0n) is 13.4. The summed E-state index contributed by atoms with van der Waals surface area (Å²) in [4.78, 5) is 21.5. The zero-order valence-corrected chi connectivity index (χ0v) is 13.4. The van der Waals surface area contributed by atoms with Crippen LogP contribution in [-0.2, 0) is 0 Å². The molecule has 4 rings (SSSR count). The predicted molar refractivity (Wildman–Crippen MR) is 96.9 cm³/mol. The van der Waals surface area contributed by atoms with Crippen LogP contribution in [0.15, 0.2) is 61.1 Å². The third-order valence-electron chi connectivity index (χ3n) is 3.95. The zero-order chi connectivity index (χ0) is 18.1. The fraction of sp³-hybridized carbons (Fsp3) is 0. The number of anilines is 1. The van der Waals surface area contributed by atoms with Crippen molar-refractivity contribution in [3.8, 4) is 22.6 Å². The van der Waals surface area contributed by atoms with Crippen LogP contribution in [0.1, 0.15) is 0 Å². The quantitative estimate of drug-likeness (QED) is 0.426. The average Bonchev–Trinajstić information content (AvgIpc) is 3.08. The molecule has 0 atom stereocenters. The second-order valence-corrected chi connectivity index (χ2v) is 5.56. The number of fused-ring (bicyclic) bond motifs is 1. The third-order valence-corrected chi connectivity index (χ3v) is 3.95. The summed E-state index contributed by atoms with van der Waals surface area (Å²) in [6.45, 7) is 0.